The van der Waals surface area contributed by atoms with Crippen molar-refractivity contribution in [3.63, 3.8) is 0 Å². The van der Waals surface area contributed by atoms with E-state index in [-0.39, 0.29) is 23.6 Å². The van der Waals surface area contributed by atoms with Crippen LogP contribution in [0.25, 0.3) is 0 Å². The van der Waals surface area contributed by atoms with Crippen LogP contribution in [0.15, 0.2) is 41.6 Å². The second-order valence-corrected chi connectivity index (χ2v) is 10.6. The topological polar surface area (TPSA) is 88.1 Å². The molecule has 2 aromatic rings. The van der Waals surface area contributed by atoms with Gasteiger partial charge in [0.2, 0.25) is 5.91 Å². The van der Waals surface area contributed by atoms with Gasteiger partial charge in [-0.05, 0) is 19.1 Å². The molecule has 3 fully saturated rings. The number of hydrogen-bond acceptors (Lipinski definition) is 8. The molecular formula is C25H30ClN5O4S. The van der Waals surface area contributed by atoms with Crippen molar-refractivity contribution in [2.24, 2.45) is 0 Å². The smallest absolute Gasteiger partial charge is 0.254 e. The number of aromatic nitrogens is 2. The van der Waals surface area contributed by atoms with Gasteiger partial charge in [0.25, 0.3) is 5.91 Å². The molecule has 5 rings (SSSR count). The van der Waals surface area contributed by atoms with E-state index in [1.807, 2.05) is 47.1 Å². The average molecular weight is 532 g/mol. The Balaban J connectivity index is 1.16. The number of nitrogens with zero attached hydrogens (tertiary/aromatic N) is 5. The highest BCUT2D eigenvalue weighted by molar-refractivity contribution is 7.99. The molecule has 3 saturated heterocycles. The number of thioether (sulfide) groups is 1. The molecule has 0 bridgehead atoms. The molecule has 0 N–H and O–H groups in total. The number of carbonyl (C=O) groups excluding carboxylic acids is 2. The zero-order chi connectivity index (χ0) is 25.1. The van der Waals surface area contributed by atoms with Gasteiger partial charge in [0.1, 0.15) is 11.0 Å². The zero-order valence-electron chi connectivity index (χ0n) is 20.3. The summed E-state index contributed by atoms with van der Waals surface area (Å²) in [7, 11) is 0. The van der Waals surface area contributed by atoms with E-state index in [1.54, 1.807) is 6.07 Å². The Labute approximate surface area is 220 Å². The number of amides is 2. The van der Waals surface area contributed by atoms with Crippen molar-refractivity contribution in [2.75, 3.05) is 56.6 Å². The van der Waals surface area contributed by atoms with E-state index in [1.165, 1.54) is 11.8 Å². The molecule has 2 amide bonds. The number of rotatable bonds is 5. The fourth-order valence-corrected chi connectivity index (χ4v) is 5.91. The summed E-state index contributed by atoms with van der Waals surface area (Å²) in [5, 5.41) is 0.804. The largest absolute Gasteiger partial charge is 0.353 e. The monoisotopic (exact) mass is 531 g/mol. The quantitative estimate of drug-likeness (QED) is 0.330. The Morgan fingerprint density at radius 3 is 2.50 bits per heavy atom. The van der Waals surface area contributed by atoms with Crippen LogP contribution in [0.5, 0.6) is 0 Å². The van der Waals surface area contributed by atoms with Crippen molar-refractivity contribution in [1.29, 1.82) is 0 Å². The van der Waals surface area contributed by atoms with Gasteiger partial charge in [0, 0.05) is 63.2 Å². The first-order valence-electron chi connectivity index (χ1n) is 12.3. The second-order valence-electron chi connectivity index (χ2n) is 9.27. The number of halogens is 1. The summed E-state index contributed by atoms with van der Waals surface area (Å²) in [6.45, 7) is 6.37. The van der Waals surface area contributed by atoms with Crippen LogP contribution in [0, 0.1) is 0 Å². The van der Waals surface area contributed by atoms with Gasteiger partial charge >= 0.3 is 0 Å². The lowest BCUT2D eigenvalue weighted by molar-refractivity contribution is -0.186. The number of benzene rings is 1. The third-order valence-electron chi connectivity index (χ3n) is 6.91. The molecule has 1 atom stereocenters. The van der Waals surface area contributed by atoms with E-state index >= 15 is 0 Å². The number of likely N-dealkylation sites (tertiary alicyclic amines) is 1. The van der Waals surface area contributed by atoms with Gasteiger partial charge in [-0.2, -0.15) is 0 Å². The van der Waals surface area contributed by atoms with Gasteiger partial charge in [0.15, 0.2) is 10.9 Å². The van der Waals surface area contributed by atoms with Crippen molar-refractivity contribution in [3.8, 4) is 0 Å². The van der Waals surface area contributed by atoms with Crippen molar-refractivity contribution < 1.29 is 19.1 Å². The van der Waals surface area contributed by atoms with Crippen LogP contribution in [0.3, 0.4) is 0 Å². The summed E-state index contributed by atoms with van der Waals surface area (Å²) >= 11 is 7.61. The molecule has 0 radical (unpaired) electrons. The molecule has 11 heteroatoms. The van der Waals surface area contributed by atoms with Gasteiger partial charge in [-0.15, -0.1) is 0 Å². The van der Waals surface area contributed by atoms with Gasteiger partial charge in [0.05, 0.1) is 19.0 Å². The first-order chi connectivity index (χ1) is 17.4. The molecule has 36 heavy (non-hydrogen) atoms. The minimum atomic E-state index is -0.498. The van der Waals surface area contributed by atoms with Crippen LogP contribution >= 0.6 is 23.4 Å². The Morgan fingerprint density at radius 1 is 1.08 bits per heavy atom. The Bertz CT molecular complexity index is 1090. The summed E-state index contributed by atoms with van der Waals surface area (Å²) < 4.78 is 11.5. The van der Waals surface area contributed by atoms with E-state index in [2.05, 4.69) is 14.9 Å². The van der Waals surface area contributed by atoms with Gasteiger partial charge in [-0.25, -0.2) is 9.97 Å². The molecular weight excluding hydrogens is 502 g/mol. The lowest BCUT2D eigenvalue weighted by Crippen LogP contribution is -2.54. The van der Waals surface area contributed by atoms with Gasteiger partial charge < -0.3 is 24.2 Å². The van der Waals surface area contributed by atoms with Gasteiger partial charge in [-0.1, -0.05) is 41.6 Å². The number of hydrogen-bond donors (Lipinski definition) is 0. The molecule has 1 spiro atoms. The highest BCUT2D eigenvalue weighted by Crippen LogP contribution is 2.32. The van der Waals surface area contributed by atoms with Crippen LogP contribution in [-0.4, -0.2) is 95.1 Å². The zero-order valence-corrected chi connectivity index (χ0v) is 21.8. The van der Waals surface area contributed by atoms with Crippen molar-refractivity contribution in [3.05, 3.63) is 47.1 Å². The lowest BCUT2D eigenvalue weighted by Gasteiger charge is -2.40. The second kappa shape index (κ2) is 10.9. The number of anilines is 1. The normalized spacial score (nSPS) is 21.7. The van der Waals surface area contributed by atoms with E-state index in [0.29, 0.717) is 80.5 Å². The third-order valence-corrected chi connectivity index (χ3v) is 7.94. The van der Waals surface area contributed by atoms with Crippen molar-refractivity contribution >= 4 is 41.0 Å². The molecule has 0 saturated carbocycles. The van der Waals surface area contributed by atoms with E-state index in [9.17, 15) is 9.59 Å². The number of carbonyl (C=O) groups is 2. The van der Waals surface area contributed by atoms with Crippen LogP contribution in [0.1, 0.15) is 30.1 Å². The first kappa shape index (κ1) is 25.3. The van der Waals surface area contributed by atoms with E-state index < -0.39 is 5.79 Å². The minimum absolute atomic E-state index is 0.00750. The summed E-state index contributed by atoms with van der Waals surface area (Å²) in [5.41, 5.74) is 0.693. The number of ether oxygens (including phenoxy) is 2. The van der Waals surface area contributed by atoms with Crippen LogP contribution in [0.4, 0.5) is 5.82 Å². The SMILES string of the molecule is CC1CN(c2cc(Cl)nc(SCC(=O)N3CCC4(CC3)OCCO4)n2)CCN1C(=O)c1ccccc1. The highest BCUT2D eigenvalue weighted by Gasteiger charge is 2.40. The van der Waals surface area contributed by atoms with E-state index in [4.69, 9.17) is 21.1 Å². The summed E-state index contributed by atoms with van der Waals surface area (Å²) in [6.07, 6.45) is 1.39. The van der Waals surface area contributed by atoms with Gasteiger partial charge in [-0.3, -0.25) is 9.59 Å². The Morgan fingerprint density at radius 2 is 1.81 bits per heavy atom. The fourth-order valence-electron chi connectivity index (χ4n) is 4.93. The standard InChI is InChI=1S/C25H30ClN5O4S/c1-18-16-30(11-12-31(18)23(33)19-5-3-2-4-6-19)21-15-20(26)27-24(28-21)36-17-22(32)29-9-7-25(8-10-29)34-13-14-35-25/h2-6,15,18H,7-14,16-17H2,1H3. The molecule has 3 aliphatic heterocycles. The Kier molecular flexibility index (Phi) is 7.66. The minimum Gasteiger partial charge on any atom is -0.353 e. The van der Waals surface area contributed by atoms with Crippen LogP contribution in [-0.2, 0) is 14.3 Å². The highest BCUT2D eigenvalue weighted by atomic mass is 35.5. The molecule has 1 aromatic heterocycles. The van der Waals surface area contributed by atoms with Crippen LogP contribution in [0.2, 0.25) is 5.15 Å². The molecule has 1 unspecified atom stereocenters. The fraction of sp³-hybridized carbons (Fsp3) is 0.520. The van der Waals surface area contributed by atoms with Crippen molar-refractivity contribution in [2.45, 2.75) is 36.8 Å². The third kappa shape index (κ3) is 5.61. The molecule has 9 nitrogen and oxygen atoms in total. The molecule has 0 aliphatic carbocycles. The maximum Gasteiger partial charge on any atom is 0.254 e. The van der Waals surface area contributed by atoms with E-state index in [0.717, 1.165) is 0 Å². The summed E-state index contributed by atoms with van der Waals surface area (Å²) in [5.74, 6) is 0.526. The Hall–Kier alpha value is -2.40. The average Bonchev–Trinajstić information content (AvgIpc) is 3.35. The maximum atomic E-state index is 12.9. The molecule has 1 aromatic carbocycles. The summed E-state index contributed by atoms with van der Waals surface area (Å²) in [6, 6.07) is 11.1. The molecule has 4 heterocycles. The lowest BCUT2D eigenvalue weighted by atomic mass is 10.0. The molecule has 192 valence electrons. The predicted molar refractivity (Wildman–Crippen MR) is 137 cm³/mol. The number of piperidine rings is 1. The van der Waals surface area contributed by atoms with Crippen molar-refractivity contribution in [1.82, 2.24) is 19.8 Å². The maximum absolute atomic E-state index is 12.9. The first-order valence-corrected chi connectivity index (χ1v) is 13.6. The molecule has 3 aliphatic rings. The predicted octanol–water partition coefficient (Wildman–Crippen LogP) is 2.94. The number of piperazine rings is 1. The van der Waals surface area contributed by atoms with Crippen LogP contribution < -0.4 is 4.90 Å². The summed E-state index contributed by atoms with van der Waals surface area (Å²) in [4.78, 5) is 40.6.